The van der Waals surface area contributed by atoms with Crippen LogP contribution in [0.15, 0.2) is 82.4 Å². The maximum Gasteiger partial charge on any atom is 0.259 e. The van der Waals surface area contributed by atoms with Crippen LogP contribution in [-0.4, -0.2) is 23.2 Å². The zero-order valence-electron chi connectivity index (χ0n) is 17.4. The van der Waals surface area contributed by atoms with Gasteiger partial charge in [0.25, 0.3) is 5.91 Å². The minimum absolute atomic E-state index is 0.141. The zero-order valence-corrected chi connectivity index (χ0v) is 19.0. The lowest BCUT2D eigenvalue weighted by atomic mass is 10.1. The first-order chi connectivity index (χ1) is 15.0. The van der Waals surface area contributed by atoms with Gasteiger partial charge in [-0.2, -0.15) is 5.10 Å². The van der Waals surface area contributed by atoms with Crippen LogP contribution in [0.2, 0.25) is 0 Å². The fourth-order valence-corrected chi connectivity index (χ4v) is 4.09. The van der Waals surface area contributed by atoms with E-state index >= 15 is 0 Å². The van der Waals surface area contributed by atoms with Crippen molar-refractivity contribution in [3.05, 3.63) is 94.2 Å². The summed E-state index contributed by atoms with van der Waals surface area (Å²) in [5.74, 6) is -0.204. The van der Waals surface area contributed by atoms with Gasteiger partial charge in [0, 0.05) is 38.2 Å². The molecule has 0 unspecified atom stereocenters. The van der Waals surface area contributed by atoms with Crippen molar-refractivity contribution >= 4 is 44.5 Å². The molecule has 0 fully saturated rings. The highest BCUT2D eigenvalue weighted by Crippen LogP contribution is 2.23. The molecule has 5 nitrogen and oxygen atoms in total. The molecule has 31 heavy (non-hydrogen) atoms. The van der Waals surface area contributed by atoms with Gasteiger partial charge in [-0.15, -0.1) is 0 Å². The summed E-state index contributed by atoms with van der Waals surface area (Å²) in [4.78, 5) is 12.3. The Kier molecular flexibility index (Phi) is 6.18. The maximum atomic E-state index is 12.3. The van der Waals surface area contributed by atoms with E-state index in [1.807, 2.05) is 49.4 Å². The highest BCUT2D eigenvalue weighted by atomic mass is 79.9. The van der Waals surface area contributed by atoms with Crippen molar-refractivity contribution in [3.63, 3.8) is 0 Å². The predicted octanol–water partition coefficient (Wildman–Crippen LogP) is 5.57. The van der Waals surface area contributed by atoms with E-state index in [0.29, 0.717) is 0 Å². The van der Waals surface area contributed by atoms with Crippen molar-refractivity contribution < 1.29 is 4.79 Å². The topological polar surface area (TPSA) is 58.4 Å². The number of hydrogen-bond donors (Lipinski definition) is 2. The number of aromatic nitrogens is 1. The van der Waals surface area contributed by atoms with Gasteiger partial charge in [0.2, 0.25) is 0 Å². The van der Waals surface area contributed by atoms with Gasteiger partial charge in [0.15, 0.2) is 0 Å². The number of fused-ring (bicyclic) bond motifs is 1. The van der Waals surface area contributed by atoms with Crippen LogP contribution in [-0.2, 0) is 4.79 Å². The van der Waals surface area contributed by atoms with E-state index in [9.17, 15) is 4.79 Å². The molecule has 0 bridgehead atoms. The summed E-state index contributed by atoms with van der Waals surface area (Å²) in [5, 5.41) is 9.56. The smallest absolute Gasteiger partial charge is 0.259 e. The van der Waals surface area contributed by atoms with Crippen molar-refractivity contribution in [1.29, 1.82) is 0 Å². The number of anilines is 1. The summed E-state index contributed by atoms with van der Waals surface area (Å²) in [6.07, 6.45) is 1.69. The molecule has 0 spiro atoms. The number of hydrogen-bond acceptors (Lipinski definition) is 3. The first kappa shape index (κ1) is 20.9. The van der Waals surface area contributed by atoms with Crippen LogP contribution in [0.1, 0.15) is 17.0 Å². The quantitative estimate of drug-likeness (QED) is 0.283. The molecule has 0 radical (unpaired) electrons. The molecular formula is C25H23BrN4O. The Bertz CT molecular complexity index is 1270. The van der Waals surface area contributed by atoms with Gasteiger partial charge in [0.1, 0.15) is 0 Å². The molecule has 156 valence electrons. The Morgan fingerprint density at radius 2 is 1.81 bits per heavy atom. The zero-order chi connectivity index (χ0) is 21.8. The van der Waals surface area contributed by atoms with Crippen molar-refractivity contribution in [2.24, 2.45) is 5.10 Å². The molecule has 1 heterocycles. The average molecular weight is 475 g/mol. The molecule has 6 heteroatoms. The van der Waals surface area contributed by atoms with Crippen LogP contribution in [0.3, 0.4) is 0 Å². The number of carbonyl (C=O) groups excluding carboxylic acids is 1. The van der Waals surface area contributed by atoms with E-state index in [4.69, 9.17) is 0 Å². The summed E-state index contributed by atoms with van der Waals surface area (Å²) < 4.78 is 3.19. The van der Waals surface area contributed by atoms with Crippen LogP contribution in [0.5, 0.6) is 0 Å². The summed E-state index contributed by atoms with van der Waals surface area (Å²) in [6.45, 7) is 4.24. The summed E-state index contributed by atoms with van der Waals surface area (Å²) in [6, 6.07) is 24.3. The molecule has 2 N–H and O–H groups in total. The molecule has 1 amide bonds. The molecule has 1 aromatic heterocycles. The minimum atomic E-state index is -0.204. The van der Waals surface area contributed by atoms with Crippen molar-refractivity contribution in [2.45, 2.75) is 13.8 Å². The van der Waals surface area contributed by atoms with E-state index in [1.54, 1.807) is 6.21 Å². The lowest BCUT2D eigenvalue weighted by Crippen LogP contribution is -2.25. The van der Waals surface area contributed by atoms with Gasteiger partial charge >= 0.3 is 0 Å². The second kappa shape index (κ2) is 9.18. The molecule has 3 aromatic carbocycles. The number of amides is 1. The Labute approximate surface area is 189 Å². The van der Waals surface area contributed by atoms with Gasteiger partial charge in [-0.3, -0.25) is 4.79 Å². The Balaban J connectivity index is 1.41. The number of hydrazone groups is 1. The Morgan fingerprint density at radius 1 is 1.03 bits per heavy atom. The van der Waals surface area contributed by atoms with Gasteiger partial charge in [0.05, 0.1) is 12.8 Å². The maximum absolute atomic E-state index is 12.3. The third-order valence-electron chi connectivity index (χ3n) is 5.16. The van der Waals surface area contributed by atoms with Gasteiger partial charge in [-0.05, 0) is 49.6 Å². The fourth-order valence-electron chi connectivity index (χ4n) is 3.70. The number of benzene rings is 3. The van der Waals surface area contributed by atoms with Crippen LogP contribution in [0.4, 0.5) is 5.69 Å². The standard InChI is InChI=1S/C25H23BrN4O/c1-17-13-20(18(2)30(17)22-10-6-9-21(26)14-22)15-28-29-25(31)16-27-24-12-5-8-19-7-3-4-11-23(19)24/h3-15,27H,16H2,1-2H3,(H,29,31)/b28-15-. The van der Waals surface area contributed by atoms with E-state index in [0.717, 1.165) is 43.6 Å². The summed E-state index contributed by atoms with van der Waals surface area (Å²) >= 11 is 3.52. The fraction of sp³-hybridized carbons (Fsp3) is 0.120. The molecule has 4 rings (SSSR count). The van der Waals surface area contributed by atoms with Crippen molar-refractivity contribution in [1.82, 2.24) is 9.99 Å². The lowest BCUT2D eigenvalue weighted by molar-refractivity contribution is -0.119. The molecule has 4 aromatic rings. The number of aryl methyl sites for hydroxylation is 1. The van der Waals surface area contributed by atoms with Gasteiger partial charge in [-0.25, -0.2) is 5.43 Å². The average Bonchev–Trinajstić information content (AvgIpc) is 3.05. The monoisotopic (exact) mass is 474 g/mol. The van der Waals surface area contributed by atoms with Crippen LogP contribution < -0.4 is 10.7 Å². The van der Waals surface area contributed by atoms with E-state index in [-0.39, 0.29) is 12.5 Å². The highest BCUT2D eigenvalue weighted by molar-refractivity contribution is 9.10. The lowest BCUT2D eigenvalue weighted by Gasteiger charge is -2.10. The number of halogens is 1. The highest BCUT2D eigenvalue weighted by Gasteiger charge is 2.10. The summed E-state index contributed by atoms with van der Waals surface area (Å²) in [7, 11) is 0. The van der Waals surface area contributed by atoms with Gasteiger partial charge in [-0.1, -0.05) is 58.4 Å². The molecule has 0 saturated heterocycles. The van der Waals surface area contributed by atoms with E-state index in [2.05, 4.69) is 73.6 Å². The van der Waals surface area contributed by atoms with Crippen molar-refractivity contribution in [3.8, 4) is 5.69 Å². The SMILES string of the molecule is Cc1cc(/C=N\NC(=O)CNc2cccc3ccccc23)c(C)n1-c1cccc(Br)c1. The second-order valence-corrected chi connectivity index (χ2v) is 8.23. The Hall–Kier alpha value is -3.38. The number of nitrogens with zero attached hydrogens (tertiary/aromatic N) is 2. The van der Waals surface area contributed by atoms with E-state index in [1.165, 1.54) is 0 Å². The van der Waals surface area contributed by atoms with Crippen LogP contribution in [0.25, 0.3) is 16.5 Å². The third kappa shape index (κ3) is 4.70. The first-order valence-electron chi connectivity index (χ1n) is 10.0. The van der Waals surface area contributed by atoms with Crippen LogP contribution >= 0.6 is 15.9 Å². The molecule has 0 aliphatic rings. The largest absolute Gasteiger partial charge is 0.376 e. The summed E-state index contributed by atoms with van der Waals surface area (Å²) in [5.41, 5.74) is 7.72. The van der Waals surface area contributed by atoms with E-state index < -0.39 is 0 Å². The number of carbonyl (C=O) groups is 1. The Morgan fingerprint density at radius 3 is 2.65 bits per heavy atom. The second-order valence-electron chi connectivity index (χ2n) is 7.32. The first-order valence-corrected chi connectivity index (χ1v) is 10.8. The molecule has 0 saturated carbocycles. The van der Waals surface area contributed by atoms with Crippen LogP contribution in [0, 0.1) is 13.8 Å². The molecular weight excluding hydrogens is 452 g/mol. The normalized spacial score (nSPS) is 11.2. The van der Waals surface area contributed by atoms with Gasteiger partial charge < -0.3 is 9.88 Å². The molecule has 0 aliphatic heterocycles. The number of rotatable bonds is 6. The molecule has 0 aliphatic carbocycles. The van der Waals surface area contributed by atoms with Crippen molar-refractivity contribution in [2.75, 3.05) is 11.9 Å². The number of nitrogens with one attached hydrogen (secondary N) is 2. The minimum Gasteiger partial charge on any atom is -0.376 e. The molecule has 0 atom stereocenters. The predicted molar refractivity (Wildman–Crippen MR) is 131 cm³/mol. The third-order valence-corrected chi connectivity index (χ3v) is 5.65.